The minimum absolute atomic E-state index is 0.0160. The molecule has 2 N–H and O–H groups in total. The number of carbonyl (C=O) groups is 2. The van der Waals surface area contributed by atoms with E-state index in [1.54, 1.807) is 18.2 Å². The summed E-state index contributed by atoms with van der Waals surface area (Å²) in [5, 5.41) is 10.9. The molecule has 2 rings (SSSR count). The van der Waals surface area contributed by atoms with Crippen LogP contribution in [0.1, 0.15) is 34.6 Å². The highest BCUT2D eigenvalue weighted by molar-refractivity contribution is 6.34. The van der Waals surface area contributed by atoms with Crippen molar-refractivity contribution in [3.63, 3.8) is 0 Å². The van der Waals surface area contributed by atoms with E-state index >= 15 is 0 Å². The molecule has 0 aliphatic carbocycles. The summed E-state index contributed by atoms with van der Waals surface area (Å²) in [6.07, 6.45) is 0. The molecule has 0 saturated carbocycles. The van der Waals surface area contributed by atoms with E-state index in [0.717, 1.165) is 0 Å². The maximum Gasteiger partial charge on any atom is 0.298 e. The predicted molar refractivity (Wildman–Crippen MR) is 94.0 cm³/mol. The molecule has 6 nitrogen and oxygen atoms in total. The van der Waals surface area contributed by atoms with Gasteiger partial charge in [0.05, 0.1) is 21.2 Å². The number of rotatable bonds is 3. The van der Waals surface area contributed by atoms with Crippen molar-refractivity contribution in [2.75, 3.05) is 5.73 Å². The lowest BCUT2D eigenvalue weighted by molar-refractivity contribution is -0.385. The van der Waals surface area contributed by atoms with Crippen molar-refractivity contribution >= 4 is 46.1 Å². The number of carbonyl (C=O) groups excluding carboxylic acids is 2. The topological polar surface area (TPSA) is 103 Å². The Labute approximate surface area is 148 Å². The average molecular weight is 369 g/mol. The molecule has 0 heterocycles. The van der Waals surface area contributed by atoms with Crippen LogP contribution >= 0.6 is 23.2 Å². The quantitative estimate of drug-likeness (QED) is 0.369. The van der Waals surface area contributed by atoms with Crippen molar-refractivity contribution in [1.29, 1.82) is 0 Å². The molecular formula is C16H14Cl2N2O4. The normalized spacial score (nSPS) is 9.67. The van der Waals surface area contributed by atoms with E-state index in [1.165, 1.54) is 32.0 Å². The standard InChI is InChI=1S/C8H6ClNO3.C8H8ClNO/c1-5(11)6-3-2-4-7(9)8(6)10(12)13;1-5(11)6-3-2-4-7(9)8(6)10/h2-4H,1H3;2-4H,10H2,1H3. The molecule has 0 spiro atoms. The number of nitro groups is 1. The van der Waals surface area contributed by atoms with Gasteiger partial charge in [0.1, 0.15) is 5.02 Å². The second-order valence-electron chi connectivity index (χ2n) is 4.71. The molecule has 0 unspecified atom stereocenters. The first-order valence-corrected chi connectivity index (χ1v) is 7.41. The number of benzene rings is 2. The van der Waals surface area contributed by atoms with Gasteiger partial charge >= 0.3 is 0 Å². The lowest BCUT2D eigenvalue weighted by Crippen LogP contribution is -2.00. The van der Waals surface area contributed by atoms with E-state index in [0.29, 0.717) is 16.3 Å². The van der Waals surface area contributed by atoms with Gasteiger partial charge in [-0.3, -0.25) is 19.7 Å². The highest BCUT2D eigenvalue weighted by atomic mass is 35.5. The molecule has 0 amide bonds. The number of nitrogens with zero attached hydrogens (tertiary/aromatic N) is 1. The highest BCUT2D eigenvalue weighted by Gasteiger charge is 2.20. The number of para-hydroxylation sites is 2. The zero-order valence-electron chi connectivity index (χ0n) is 12.9. The molecule has 0 aliphatic heterocycles. The van der Waals surface area contributed by atoms with Gasteiger partial charge in [-0.15, -0.1) is 0 Å². The Morgan fingerprint density at radius 2 is 1.42 bits per heavy atom. The largest absolute Gasteiger partial charge is 0.397 e. The number of hydrogen-bond donors (Lipinski definition) is 1. The summed E-state index contributed by atoms with van der Waals surface area (Å²) in [4.78, 5) is 31.7. The minimum atomic E-state index is -0.654. The molecule has 0 aliphatic rings. The van der Waals surface area contributed by atoms with Crippen molar-refractivity contribution in [1.82, 2.24) is 0 Å². The molecule has 0 fully saturated rings. The molecule has 0 saturated heterocycles. The molecule has 0 atom stereocenters. The molecule has 24 heavy (non-hydrogen) atoms. The van der Waals surface area contributed by atoms with Gasteiger partial charge in [-0.1, -0.05) is 35.3 Å². The number of hydrogen-bond acceptors (Lipinski definition) is 5. The van der Waals surface area contributed by atoms with Crippen molar-refractivity contribution in [2.24, 2.45) is 0 Å². The van der Waals surface area contributed by atoms with E-state index in [1.807, 2.05) is 0 Å². The Balaban J connectivity index is 0.000000243. The first-order chi connectivity index (χ1) is 11.2. The fraction of sp³-hybridized carbons (Fsp3) is 0.125. The SMILES string of the molecule is CC(=O)c1cccc(Cl)c1N.CC(=O)c1cccc(Cl)c1[N+](=O)[O-]. The lowest BCUT2D eigenvalue weighted by Gasteiger charge is -2.01. The summed E-state index contributed by atoms with van der Waals surface area (Å²) >= 11 is 11.3. The van der Waals surface area contributed by atoms with Crippen molar-refractivity contribution in [2.45, 2.75) is 13.8 Å². The van der Waals surface area contributed by atoms with Crippen LogP contribution in [0.2, 0.25) is 10.0 Å². The summed E-state index contributed by atoms with van der Waals surface area (Å²) in [6, 6.07) is 9.28. The van der Waals surface area contributed by atoms with Gasteiger partial charge in [-0.05, 0) is 38.1 Å². The first kappa shape index (κ1) is 19.6. The van der Waals surface area contributed by atoms with Crippen molar-refractivity contribution in [3.05, 3.63) is 67.7 Å². The van der Waals surface area contributed by atoms with E-state index in [9.17, 15) is 19.7 Å². The smallest absolute Gasteiger partial charge is 0.298 e. The third kappa shape index (κ3) is 4.78. The van der Waals surface area contributed by atoms with Gasteiger partial charge in [0.15, 0.2) is 11.6 Å². The van der Waals surface area contributed by atoms with Crippen LogP contribution in [-0.2, 0) is 0 Å². The van der Waals surface area contributed by atoms with E-state index < -0.39 is 4.92 Å². The maximum atomic E-state index is 11.0. The average Bonchev–Trinajstić information content (AvgIpc) is 2.49. The Bertz CT molecular complexity index is 807. The number of anilines is 1. The Kier molecular flexibility index (Phi) is 6.88. The van der Waals surface area contributed by atoms with E-state index in [2.05, 4.69) is 0 Å². The predicted octanol–water partition coefficient (Wildman–Crippen LogP) is 4.58. The number of halogens is 2. The Morgan fingerprint density at radius 1 is 0.958 bits per heavy atom. The second-order valence-corrected chi connectivity index (χ2v) is 5.52. The number of nitro benzene ring substituents is 1. The van der Waals surface area contributed by atoms with Crippen molar-refractivity contribution < 1.29 is 14.5 Å². The summed E-state index contributed by atoms with van der Waals surface area (Å²) in [5.74, 6) is -0.431. The Hall–Kier alpha value is -2.44. The third-order valence-corrected chi connectivity index (χ3v) is 3.62. The zero-order valence-corrected chi connectivity index (χ0v) is 14.4. The van der Waals surface area contributed by atoms with Gasteiger partial charge in [0.25, 0.3) is 5.69 Å². The highest BCUT2D eigenvalue weighted by Crippen LogP contribution is 2.28. The zero-order chi connectivity index (χ0) is 18.4. The van der Waals surface area contributed by atoms with Crippen LogP contribution in [-0.4, -0.2) is 16.5 Å². The molecule has 0 bridgehead atoms. The van der Waals surface area contributed by atoms with Crippen LogP contribution < -0.4 is 5.73 Å². The number of ketones is 2. The molecule has 8 heteroatoms. The minimum Gasteiger partial charge on any atom is -0.397 e. The van der Waals surface area contributed by atoms with Crippen molar-refractivity contribution in [3.8, 4) is 0 Å². The van der Waals surface area contributed by atoms with Crippen LogP contribution in [0, 0.1) is 10.1 Å². The molecule has 0 radical (unpaired) electrons. The maximum absolute atomic E-state index is 11.0. The monoisotopic (exact) mass is 368 g/mol. The van der Waals surface area contributed by atoms with Gasteiger partial charge in [-0.2, -0.15) is 0 Å². The molecule has 0 aromatic heterocycles. The molecule has 126 valence electrons. The van der Waals surface area contributed by atoms with E-state index in [4.69, 9.17) is 28.9 Å². The fourth-order valence-electron chi connectivity index (χ4n) is 1.83. The van der Waals surface area contributed by atoms with Gasteiger partial charge in [0.2, 0.25) is 0 Å². The first-order valence-electron chi connectivity index (χ1n) is 6.65. The summed E-state index contributed by atoms with van der Waals surface area (Å²) in [7, 11) is 0. The second kappa shape index (κ2) is 8.42. The van der Waals surface area contributed by atoms with Gasteiger partial charge in [0, 0.05) is 5.56 Å². The third-order valence-electron chi connectivity index (χ3n) is 2.98. The van der Waals surface area contributed by atoms with Crippen LogP contribution in [0.3, 0.4) is 0 Å². The summed E-state index contributed by atoms with van der Waals surface area (Å²) in [5.41, 5.74) is 6.09. The van der Waals surface area contributed by atoms with Gasteiger partial charge in [-0.25, -0.2) is 0 Å². The number of Topliss-reactive ketones (excluding diaryl/α,β-unsaturated/α-hetero) is 2. The number of nitrogens with two attached hydrogens (primary N) is 1. The summed E-state index contributed by atoms with van der Waals surface area (Å²) < 4.78 is 0. The molecule has 2 aromatic rings. The van der Waals surface area contributed by atoms with Crippen LogP contribution in [0.5, 0.6) is 0 Å². The van der Waals surface area contributed by atoms with Crippen LogP contribution in [0.4, 0.5) is 11.4 Å². The fourth-order valence-corrected chi connectivity index (χ4v) is 2.25. The Morgan fingerprint density at radius 3 is 1.79 bits per heavy atom. The summed E-state index contributed by atoms with van der Waals surface area (Å²) in [6.45, 7) is 2.72. The number of nitrogen functional groups attached to an aromatic ring is 1. The van der Waals surface area contributed by atoms with Gasteiger partial charge < -0.3 is 5.73 Å². The lowest BCUT2D eigenvalue weighted by atomic mass is 10.1. The molecule has 2 aromatic carbocycles. The van der Waals surface area contributed by atoms with Crippen LogP contribution in [0.25, 0.3) is 0 Å². The van der Waals surface area contributed by atoms with E-state index in [-0.39, 0.29) is 27.8 Å². The van der Waals surface area contributed by atoms with Crippen LogP contribution in [0.15, 0.2) is 36.4 Å². The molecular weight excluding hydrogens is 355 g/mol.